The molecule has 0 aliphatic heterocycles. The summed E-state index contributed by atoms with van der Waals surface area (Å²) in [6.45, 7) is 2.14. The fourth-order valence-corrected chi connectivity index (χ4v) is 4.26. The Morgan fingerprint density at radius 2 is 2.04 bits per heavy atom. The number of esters is 1. The molecule has 0 radical (unpaired) electrons. The van der Waals surface area contributed by atoms with E-state index in [1.807, 2.05) is 6.08 Å². The lowest BCUT2D eigenvalue weighted by Gasteiger charge is -2.11. The van der Waals surface area contributed by atoms with Crippen molar-refractivity contribution in [1.29, 1.82) is 0 Å². The Labute approximate surface area is 161 Å². The number of nitrogens with zero attached hydrogens (tertiary/aromatic N) is 2. The minimum absolute atomic E-state index is 0.0593. The SMILES string of the molecule is CCOC(=O)c1c(N=C/C=C/c2ccc([N+](=O)[O-])cc2)sc2c1CCCC2. The summed E-state index contributed by atoms with van der Waals surface area (Å²) in [4.78, 5) is 28.3. The molecule has 1 aromatic heterocycles. The summed E-state index contributed by atoms with van der Waals surface area (Å²) in [7, 11) is 0. The molecule has 2 aromatic rings. The van der Waals surface area contributed by atoms with Gasteiger partial charge in [0.1, 0.15) is 5.00 Å². The number of allylic oxidation sites excluding steroid dienone is 1. The van der Waals surface area contributed by atoms with Crippen LogP contribution >= 0.6 is 11.3 Å². The van der Waals surface area contributed by atoms with Crippen molar-refractivity contribution >= 4 is 40.3 Å². The van der Waals surface area contributed by atoms with E-state index in [0.717, 1.165) is 36.8 Å². The molecular weight excluding hydrogens is 364 g/mol. The monoisotopic (exact) mass is 384 g/mol. The Morgan fingerprint density at radius 3 is 2.74 bits per heavy atom. The van der Waals surface area contributed by atoms with E-state index in [-0.39, 0.29) is 11.7 Å². The number of fused-ring (bicyclic) bond motifs is 1. The van der Waals surface area contributed by atoms with Gasteiger partial charge in [-0.3, -0.25) is 10.1 Å². The molecule has 7 heteroatoms. The van der Waals surface area contributed by atoms with E-state index in [1.54, 1.807) is 42.7 Å². The first kappa shape index (κ1) is 19.0. The van der Waals surface area contributed by atoms with Crippen molar-refractivity contribution in [3.8, 4) is 0 Å². The third kappa shape index (κ3) is 4.49. The topological polar surface area (TPSA) is 81.8 Å². The van der Waals surface area contributed by atoms with Crippen LogP contribution < -0.4 is 0 Å². The number of thiophene rings is 1. The summed E-state index contributed by atoms with van der Waals surface area (Å²) in [6, 6.07) is 6.28. The van der Waals surface area contributed by atoms with Crippen molar-refractivity contribution in [2.75, 3.05) is 6.61 Å². The maximum atomic E-state index is 12.4. The lowest BCUT2D eigenvalue weighted by molar-refractivity contribution is -0.384. The van der Waals surface area contributed by atoms with Crippen molar-refractivity contribution in [3.63, 3.8) is 0 Å². The van der Waals surface area contributed by atoms with E-state index < -0.39 is 4.92 Å². The predicted octanol–water partition coefficient (Wildman–Crippen LogP) is 5.13. The Bertz CT molecular complexity index is 897. The lowest BCUT2D eigenvalue weighted by Crippen LogP contribution is -2.09. The predicted molar refractivity (Wildman–Crippen MR) is 107 cm³/mol. The van der Waals surface area contributed by atoms with Gasteiger partial charge in [-0.05, 0) is 61.9 Å². The summed E-state index contributed by atoms with van der Waals surface area (Å²) in [5.74, 6) is -0.302. The molecule has 0 bridgehead atoms. The van der Waals surface area contributed by atoms with E-state index in [0.29, 0.717) is 17.2 Å². The van der Waals surface area contributed by atoms with Crippen molar-refractivity contribution in [3.05, 3.63) is 62.0 Å². The molecule has 3 rings (SSSR count). The second kappa shape index (κ2) is 8.73. The number of ether oxygens (including phenoxy) is 1. The number of aliphatic imine (C=N–C) groups is 1. The van der Waals surface area contributed by atoms with Gasteiger partial charge < -0.3 is 4.74 Å². The number of hydrogen-bond acceptors (Lipinski definition) is 6. The van der Waals surface area contributed by atoms with E-state index in [2.05, 4.69) is 4.99 Å². The van der Waals surface area contributed by atoms with Crippen LogP contribution in [0.15, 0.2) is 35.3 Å². The van der Waals surface area contributed by atoms with Gasteiger partial charge in [-0.25, -0.2) is 9.79 Å². The van der Waals surface area contributed by atoms with Gasteiger partial charge in [-0.1, -0.05) is 6.08 Å². The molecular formula is C20H20N2O4S. The molecule has 0 fully saturated rings. The molecule has 1 aliphatic carbocycles. The van der Waals surface area contributed by atoms with E-state index >= 15 is 0 Å². The van der Waals surface area contributed by atoms with Crippen LogP contribution in [0.25, 0.3) is 6.08 Å². The molecule has 0 N–H and O–H groups in total. The molecule has 0 unspecified atom stereocenters. The van der Waals surface area contributed by atoms with Crippen LogP contribution in [0.2, 0.25) is 0 Å². The van der Waals surface area contributed by atoms with Crippen LogP contribution in [0.3, 0.4) is 0 Å². The van der Waals surface area contributed by atoms with E-state index in [1.165, 1.54) is 17.0 Å². The zero-order valence-electron chi connectivity index (χ0n) is 15.0. The number of carbonyl (C=O) groups is 1. The Balaban J connectivity index is 1.79. The number of hydrogen-bond donors (Lipinski definition) is 0. The third-order valence-corrected chi connectivity index (χ3v) is 5.50. The highest BCUT2D eigenvalue weighted by Crippen LogP contribution is 2.40. The number of non-ortho nitro benzene ring substituents is 1. The van der Waals surface area contributed by atoms with Gasteiger partial charge in [0.15, 0.2) is 0 Å². The summed E-state index contributed by atoms with van der Waals surface area (Å²) in [5, 5.41) is 11.4. The quantitative estimate of drug-likeness (QED) is 0.299. The largest absolute Gasteiger partial charge is 0.462 e. The lowest BCUT2D eigenvalue weighted by atomic mass is 9.95. The molecule has 0 atom stereocenters. The standard InChI is InChI=1S/C20H20N2O4S/c1-2-26-20(23)18-16-7-3-4-8-17(16)27-19(18)21-13-5-6-14-9-11-15(12-10-14)22(24)25/h5-6,9-13H,2-4,7-8H2,1H3/b6-5+,21-13?. The highest BCUT2D eigenvalue weighted by molar-refractivity contribution is 7.16. The van der Waals surface area contributed by atoms with Crippen LogP contribution in [0.4, 0.5) is 10.7 Å². The first-order valence-corrected chi connectivity index (χ1v) is 9.68. The average Bonchev–Trinajstić information content (AvgIpc) is 3.04. The zero-order valence-corrected chi connectivity index (χ0v) is 15.8. The minimum Gasteiger partial charge on any atom is -0.462 e. The number of rotatable bonds is 6. The average molecular weight is 384 g/mol. The maximum Gasteiger partial charge on any atom is 0.341 e. The molecule has 0 saturated carbocycles. The van der Waals surface area contributed by atoms with Gasteiger partial charge in [-0.15, -0.1) is 11.3 Å². The molecule has 140 valence electrons. The van der Waals surface area contributed by atoms with Gasteiger partial charge in [0.25, 0.3) is 5.69 Å². The number of aryl methyl sites for hydroxylation is 1. The van der Waals surface area contributed by atoms with Crippen molar-refractivity contribution in [2.24, 2.45) is 4.99 Å². The van der Waals surface area contributed by atoms with Crippen molar-refractivity contribution in [1.82, 2.24) is 0 Å². The summed E-state index contributed by atoms with van der Waals surface area (Å²) in [5.41, 5.74) is 2.60. The molecule has 27 heavy (non-hydrogen) atoms. The van der Waals surface area contributed by atoms with Gasteiger partial charge in [0.05, 0.1) is 17.1 Å². The van der Waals surface area contributed by atoms with Gasteiger partial charge >= 0.3 is 5.97 Å². The van der Waals surface area contributed by atoms with Crippen LogP contribution in [0, 0.1) is 10.1 Å². The second-order valence-corrected chi connectivity index (χ2v) is 7.18. The third-order valence-electron chi connectivity index (χ3n) is 4.30. The Kier molecular flexibility index (Phi) is 6.13. The van der Waals surface area contributed by atoms with Crippen molar-refractivity contribution < 1.29 is 14.5 Å². The molecule has 1 aromatic carbocycles. The van der Waals surface area contributed by atoms with E-state index in [4.69, 9.17) is 4.74 Å². The summed E-state index contributed by atoms with van der Waals surface area (Å²) < 4.78 is 5.22. The smallest absolute Gasteiger partial charge is 0.341 e. The maximum absolute atomic E-state index is 12.4. The first-order valence-electron chi connectivity index (χ1n) is 8.87. The Hall–Kier alpha value is -2.80. The fraction of sp³-hybridized carbons (Fsp3) is 0.300. The zero-order chi connectivity index (χ0) is 19.2. The number of carbonyl (C=O) groups excluding carboxylic acids is 1. The molecule has 1 heterocycles. The fourth-order valence-electron chi connectivity index (χ4n) is 3.03. The second-order valence-electron chi connectivity index (χ2n) is 6.10. The van der Waals surface area contributed by atoms with Gasteiger partial charge in [0, 0.05) is 23.2 Å². The number of nitro benzene ring substituents is 1. The minimum atomic E-state index is -0.426. The summed E-state index contributed by atoms with van der Waals surface area (Å²) in [6.07, 6.45) is 9.31. The van der Waals surface area contributed by atoms with Crippen LogP contribution in [-0.4, -0.2) is 23.7 Å². The van der Waals surface area contributed by atoms with Crippen molar-refractivity contribution in [2.45, 2.75) is 32.6 Å². The van der Waals surface area contributed by atoms with Crippen LogP contribution in [0.1, 0.15) is 46.1 Å². The highest BCUT2D eigenvalue weighted by Gasteiger charge is 2.25. The normalized spacial score (nSPS) is 13.8. The number of nitro groups is 1. The molecule has 1 aliphatic rings. The van der Waals surface area contributed by atoms with Gasteiger partial charge in [0.2, 0.25) is 0 Å². The van der Waals surface area contributed by atoms with Gasteiger partial charge in [-0.2, -0.15) is 0 Å². The van der Waals surface area contributed by atoms with Crippen LogP contribution in [0.5, 0.6) is 0 Å². The molecule has 0 spiro atoms. The van der Waals surface area contributed by atoms with Crippen LogP contribution in [-0.2, 0) is 17.6 Å². The molecule has 0 amide bonds. The number of benzene rings is 1. The Morgan fingerprint density at radius 1 is 1.30 bits per heavy atom. The first-order chi connectivity index (χ1) is 13.1. The molecule has 0 saturated heterocycles. The molecule has 6 nitrogen and oxygen atoms in total. The van der Waals surface area contributed by atoms with E-state index in [9.17, 15) is 14.9 Å². The summed E-state index contributed by atoms with van der Waals surface area (Å²) >= 11 is 1.56. The highest BCUT2D eigenvalue weighted by atomic mass is 32.1.